The van der Waals surface area contributed by atoms with Crippen molar-refractivity contribution in [1.29, 1.82) is 0 Å². The van der Waals surface area contributed by atoms with Crippen molar-refractivity contribution in [3.8, 4) is 34.1 Å². The van der Waals surface area contributed by atoms with E-state index in [0.717, 1.165) is 61.0 Å². The van der Waals surface area contributed by atoms with E-state index in [1.54, 1.807) is 10.9 Å². The summed E-state index contributed by atoms with van der Waals surface area (Å²) in [5.41, 5.74) is 7.15. The SMILES string of the molecule is CC(C)(C)c1ccnc(-n2c3[c-]c(Oc4[c-]c(-n5cccn5)ccc4)ccc3c3cc(-c4cc5c(=O)c6ccccc6n6c7ccccc7c(=O)c(c4)c56)ccc32)c1.[Pt+2]. The fourth-order valence-electron chi connectivity index (χ4n) is 8.34. The summed E-state index contributed by atoms with van der Waals surface area (Å²) in [7, 11) is 0. The van der Waals surface area contributed by atoms with Gasteiger partial charge in [0.1, 0.15) is 5.82 Å². The van der Waals surface area contributed by atoms with Crippen molar-refractivity contribution >= 4 is 59.9 Å². The minimum atomic E-state index is -0.103. The van der Waals surface area contributed by atoms with Crippen molar-refractivity contribution in [1.82, 2.24) is 23.7 Å². The molecule has 11 rings (SSSR count). The summed E-state index contributed by atoms with van der Waals surface area (Å²) >= 11 is 0. The topological polar surface area (TPSA) is 83.4 Å². The van der Waals surface area contributed by atoms with E-state index in [2.05, 4.69) is 71.2 Å². The van der Waals surface area contributed by atoms with Crippen LogP contribution in [0.2, 0.25) is 0 Å². The average Bonchev–Trinajstić information content (AvgIpc) is 3.90. The molecule has 59 heavy (non-hydrogen) atoms. The van der Waals surface area contributed by atoms with Gasteiger partial charge in [0.05, 0.1) is 16.6 Å². The molecule has 0 bridgehead atoms. The predicted molar refractivity (Wildman–Crippen MR) is 231 cm³/mol. The molecule has 0 radical (unpaired) electrons. The van der Waals surface area contributed by atoms with Gasteiger partial charge in [0, 0.05) is 57.2 Å². The number of aromatic nitrogens is 5. The molecule has 8 nitrogen and oxygen atoms in total. The zero-order valence-electron chi connectivity index (χ0n) is 32.1. The van der Waals surface area contributed by atoms with Crippen LogP contribution >= 0.6 is 0 Å². The molecular formula is C50H33N5O3Pt. The molecule has 286 valence electrons. The number of para-hydroxylation sites is 2. The predicted octanol–water partition coefficient (Wildman–Crippen LogP) is 10.6. The van der Waals surface area contributed by atoms with Gasteiger partial charge in [-0.1, -0.05) is 62.7 Å². The van der Waals surface area contributed by atoms with E-state index < -0.39 is 0 Å². The summed E-state index contributed by atoms with van der Waals surface area (Å²) in [4.78, 5) is 33.4. The van der Waals surface area contributed by atoms with Crippen molar-refractivity contribution in [3.63, 3.8) is 0 Å². The number of rotatable bonds is 5. The molecule has 5 heterocycles. The third-order valence-corrected chi connectivity index (χ3v) is 11.1. The van der Waals surface area contributed by atoms with E-state index in [0.29, 0.717) is 38.6 Å². The van der Waals surface area contributed by atoms with Crippen LogP contribution in [0.4, 0.5) is 0 Å². The number of pyridine rings is 3. The van der Waals surface area contributed by atoms with E-state index in [1.807, 2.05) is 116 Å². The normalized spacial score (nSPS) is 12.0. The van der Waals surface area contributed by atoms with Crippen molar-refractivity contribution < 1.29 is 25.8 Å². The minimum absolute atomic E-state index is 0. The maximum atomic E-state index is 14.3. The van der Waals surface area contributed by atoms with Crippen LogP contribution in [0.25, 0.3) is 82.5 Å². The molecule has 6 aromatic carbocycles. The first-order valence-electron chi connectivity index (χ1n) is 19.1. The molecule has 0 spiro atoms. The largest absolute Gasteiger partial charge is 2.00 e. The van der Waals surface area contributed by atoms with Crippen LogP contribution in [0.15, 0.2) is 156 Å². The molecule has 0 saturated heterocycles. The van der Waals surface area contributed by atoms with Crippen molar-refractivity contribution in [2.24, 2.45) is 0 Å². The molecule has 0 fully saturated rings. The Balaban J connectivity index is 0.00000420. The molecular weight excluding hydrogens is 914 g/mol. The molecule has 0 aliphatic carbocycles. The van der Waals surface area contributed by atoms with Crippen LogP contribution < -0.4 is 15.6 Å². The van der Waals surface area contributed by atoms with Gasteiger partial charge in [0.2, 0.25) is 0 Å². The van der Waals surface area contributed by atoms with Gasteiger partial charge in [0.15, 0.2) is 10.9 Å². The van der Waals surface area contributed by atoms with Crippen molar-refractivity contribution in [2.45, 2.75) is 26.2 Å². The second kappa shape index (κ2) is 13.6. The number of hydrogen-bond acceptors (Lipinski definition) is 5. The second-order valence-corrected chi connectivity index (χ2v) is 15.7. The maximum Gasteiger partial charge on any atom is 2.00 e. The van der Waals surface area contributed by atoms with E-state index in [4.69, 9.17) is 9.72 Å². The first-order valence-corrected chi connectivity index (χ1v) is 19.1. The monoisotopic (exact) mass is 946 g/mol. The summed E-state index contributed by atoms with van der Waals surface area (Å²) < 4.78 is 12.3. The summed E-state index contributed by atoms with van der Waals surface area (Å²) in [5.74, 6) is 1.81. The standard InChI is InChI=1S/C50H33N5O3.Pt/c1-50(2,3)32-20-22-51-46(27-32)54-44-19-16-30(24-39(44)36-18-17-35(29-45(36)54)58-34-11-8-10-33(28-34)53-23-9-21-52-53)31-25-40-47-41(26-31)49(57)38-13-5-7-15-43(38)55(47)42-14-6-4-12-37(42)48(40)56;/h4-27H,1-3H3;/q-2;+2. The molecule has 5 aromatic heterocycles. The van der Waals surface area contributed by atoms with E-state index in [1.165, 1.54) is 0 Å². The van der Waals surface area contributed by atoms with Crippen LogP contribution in [-0.2, 0) is 26.5 Å². The Kier molecular flexibility index (Phi) is 8.41. The third-order valence-electron chi connectivity index (χ3n) is 11.1. The third kappa shape index (κ3) is 5.77. The Labute approximate surface area is 352 Å². The summed E-state index contributed by atoms with van der Waals surface area (Å²) in [6.07, 6.45) is 5.44. The Bertz CT molecular complexity index is 3480. The molecule has 0 aliphatic heterocycles. The Hall–Kier alpha value is -6.89. The summed E-state index contributed by atoms with van der Waals surface area (Å²) in [5, 5.41) is 8.46. The van der Waals surface area contributed by atoms with Gasteiger partial charge in [0.25, 0.3) is 0 Å². The maximum absolute atomic E-state index is 14.3. The molecule has 9 heteroatoms. The summed E-state index contributed by atoms with van der Waals surface area (Å²) in [6, 6.07) is 47.9. The molecule has 0 aliphatic rings. The van der Waals surface area contributed by atoms with Gasteiger partial charge in [-0.05, 0) is 93.8 Å². The first kappa shape index (κ1) is 36.4. The van der Waals surface area contributed by atoms with E-state index >= 15 is 0 Å². The van der Waals surface area contributed by atoms with Crippen LogP contribution in [0, 0.1) is 12.1 Å². The minimum Gasteiger partial charge on any atom is -0.509 e. The quantitative estimate of drug-likeness (QED) is 0.0975. The van der Waals surface area contributed by atoms with Crippen LogP contribution in [0.3, 0.4) is 0 Å². The van der Waals surface area contributed by atoms with E-state index in [9.17, 15) is 9.59 Å². The number of ether oxygens (including phenoxy) is 1. The fourth-order valence-corrected chi connectivity index (χ4v) is 8.34. The fraction of sp³-hybridized carbons (Fsp3) is 0.0800. The Morgan fingerprint density at radius 2 is 1.29 bits per heavy atom. The van der Waals surface area contributed by atoms with Crippen molar-refractivity contribution in [2.75, 3.05) is 0 Å². The zero-order chi connectivity index (χ0) is 39.3. The Morgan fingerprint density at radius 3 is 1.98 bits per heavy atom. The van der Waals surface area contributed by atoms with Gasteiger partial charge < -0.3 is 13.7 Å². The van der Waals surface area contributed by atoms with Gasteiger partial charge in [-0.3, -0.25) is 14.3 Å². The number of benzene rings is 6. The molecule has 0 amide bonds. The molecule has 0 N–H and O–H groups in total. The second-order valence-electron chi connectivity index (χ2n) is 15.7. The van der Waals surface area contributed by atoms with Gasteiger partial charge in [-0.25, -0.2) is 4.98 Å². The zero-order valence-corrected chi connectivity index (χ0v) is 34.4. The van der Waals surface area contributed by atoms with Crippen molar-refractivity contribution in [3.05, 3.63) is 184 Å². The molecule has 11 aromatic rings. The van der Waals surface area contributed by atoms with Gasteiger partial charge in [-0.15, -0.1) is 35.7 Å². The summed E-state index contributed by atoms with van der Waals surface area (Å²) in [6.45, 7) is 6.57. The molecule has 0 atom stereocenters. The number of fused-ring (bicyclic) bond motifs is 7. The first-order chi connectivity index (χ1) is 28.2. The van der Waals surface area contributed by atoms with Crippen LogP contribution in [0.5, 0.6) is 11.5 Å². The van der Waals surface area contributed by atoms with Gasteiger partial charge >= 0.3 is 21.1 Å². The molecule has 0 unspecified atom stereocenters. The smallest absolute Gasteiger partial charge is 0.509 e. The van der Waals surface area contributed by atoms with E-state index in [-0.39, 0.29) is 37.3 Å². The molecule has 0 saturated carbocycles. The van der Waals surface area contributed by atoms with Crippen LogP contribution in [0.1, 0.15) is 26.3 Å². The average molecular weight is 947 g/mol. The van der Waals surface area contributed by atoms with Gasteiger partial charge in [-0.2, -0.15) is 17.2 Å². The number of hydrogen-bond donors (Lipinski definition) is 0. The Morgan fingerprint density at radius 1 is 0.593 bits per heavy atom. The number of nitrogens with zero attached hydrogens (tertiary/aromatic N) is 5. The van der Waals surface area contributed by atoms with Crippen LogP contribution in [-0.4, -0.2) is 23.7 Å².